The number of benzene rings is 1. The molecule has 5 N–H and O–H groups in total. The second-order valence-corrected chi connectivity index (χ2v) is 10.4. The summed E-state index contributed by atoms with van der Waals surface area (Å²) in [6.45, 7) is 16.4. The summed E-state index contributed by atoms with van der Waals surface area (Å²) in [5.41, 5.74) is 12.1. The zero-order valence-electron chi connectivity index (χ0n) is 22.1. The van der Waals surface area contributed by atoms with Gasteiger partial charge >= 0.3 is 5.97 Å². The van der Waals surface area contributed by atoms with Gasteiger partial charge in [0.25, 0.3) is 5.91 Å². The molecular weight excluding hydrogens is 436 g/mol. The van der Waals surface area contributed by atoms with Crippen LogP contribution in [0, 0.1) is 0 Å². The van der Waals surface area contributed by atoms with Crippen LogP contribution in [0.1, 0.15) is 77.2 Å². The zero-order chi connectivity index (χ0) is 26.6. The highest BCUT2D eigenvalue weighted by atomic mass is 16.7. The summed E-state index contributed by atoms with van der Waals surface area (Å²) in [7, 11) is 1.33. The Morgan fingerprint density at radius 3 is 2.03 bits per heavy atom. The summed E-state index contributed by atoms with van der Waals surface area (Å²) in [6, 6.07) is 6.58. The van der Waals surface area contributed by atoms with Gasteiger partial charge in [0, 0.05) is 44.1 Å². The van der Waals surface area contributed by atoms with Crippen LogP contribution in [-0.4, -0.2) is 60.1 Å². The molecule has 9 nitrogen and oxygen atoms in total. The number of nitrogens with one attached hydrogen (secondary N) is 1. The average Bonchev–Trinajstić information content (AvgIpc) is 2.75. The highest BCUT2D eigenvalue weighted by Crippen LogP contribution is 2.15. The van der Waals surface area contributed by atoms with Gasteiger partial charge in [-0.15, -0.1) is 0 Å². The number of nitrogens with two attached hydrogens (primary N) is 2. The van der Waals surface area contributed by atoms with Crippen LogP contribution < -0.4 is 16.8 Å². The number of hydrogen-bond acceptors (Lipinski definition) is 8. The Morgan fingerprint density at radius 2 is 1.59 bits per heavy atom. The van der Waals surface area contributed by atoms with E-state index < -0.39 is 11.9 Å². The number of rotatable bonds is 10. The van der Waals surface area contributed by atoms with E-state index in [1.807, 2.05) is 13.8 Å². The van der Waals surface area contributed by atoms with E-state index in [9.17, 15) is 14.4 Å². The highest BCUT2D eigenvalue weighted by Gasteiger charge is 2.27. The Kier molecular flexibility index (Phi) is 13.2. The van der Waals surface area contributed by atoms with Crippen LogP contribution in [0.4, 0.5) is 0 Å². The van der Waals surface area contributed by atoms with Crippen molar-refractivity contribution in [2.45, 2.75) is 84.5 Å². The van der Waals surface area contributed by atoms with Gasteiger partial charge in [0.1, 0.15) is 6.29 Å². The molecule has 0 atom stereocenters. The lowest BCUT2D eigenvalue weighted by molar-refractivity contribution is -0.161. The predicted molar refractivity (Wildman–Crippen MR) is 134 cm³/mol. The summed E-state index contributed by atoms with van der Waals surface area (Å²) >= 11 is 0. The Bertz CT molecular complexity index is 771. The molecule has 0 spiro atoms. The standard InChI is InChI=1S/C13H16N2O4.C12H28N2O/c1-15(12(17)3-2-8-16)19-13(18)11-6-4-10(9-14)5-7-11;1-10(2,3)14-11(4,5)9-15-12(6,7)8-13/h4-8H,2-3,9,14H2,1H3;14H,8-9,13H2,1-7H3. The summed E-state index contributed by atoms with van der Waals surface area (Å²) in [6.07, 6.45) is 0.754. The van der Waals surface area contributed by atoms with E-state index in [1.165, 1.54) is 7.05 Å². The largest absolute Gasteiger partial charge is 0.372 e. The molecule has 1 aromatic rings. The third kappa shape index (κ3) is 14.0. The van der Waals surface area contributed by atoms with E-state index in [0.717, 1.165) is 10.6 Å². The van der Waals surface area contributed by atoms with Crippen molar-refractivity contribution < 1.29 is 24.0 Å². The SMILES string of the molecule is CC(C)(C)NC(C)(C)COC(C)(C)CN.CN(OC(=O)c1ccc(CN)cc1)C(=O)CCC=O. The van der Waals surface area contributed by atoms with E-state index in [4.69, 9.17) is 21.0 Å². The molecule has 0 aliphatic rings. The third-order valence-corrected chi connectivity index (χ3v) is 4.50. The van der Waals surface area contributed by atoms with Crippen molar-refractivity contribution in [1.29, 1.82) is 0 Å². The lowest BCUT2D eigenvalue weighted by Crippen LogP contribution is -2.54. The average molecular weight is 481 g/mol. The number of carbonyl (C=O) groups is 3. The van der Waals surface area contributed by atoms with Crippen molar-refractivity contribution in [1.82, 2.24) is 10.4 Å². The Morgan fingerprint density at radius 1 is 1.03 bits per heavy atom. The number of hydrogen-bond donors (Lipinski definition) is 3. The zero-order valence-corrected chi connectivity index (χ0v) is 22.1. The van der Waals surface area contributed by atoms with Gasteiger partial charge in [0.05, 0.1) is 17.8 Å². The van der Waals surface area contributed by atoms with Crippen molar-refractivity contribution in [3.63, 3.8) is 0 Å². The van der Waals surface area contributed by atoms with Crippen LogP contribution >= 0.6 is 0 Å². The second kappa shape index (κ2) is 14.2. The molecule has 34 heavy (non-hydrogen) atoms. The van der Waals surface area contributed by atoms with E-state index in [2.05, 4.69) is 39.9 Å². The number of hydroxylamine groups is 2. The fourth-order valence-corrected chi connectivity index (χ4v) is 2.83. The monoisotopic (exact) mass is 480 g/mol. The first-order valence-corrected chi connectivity index (χ1v) is 11.4. The van der Waals surface area contributed by atoms with Crippen LogP contribution in [-0.2, 0) is 25.7 Å². The summed E-state index contributed by atoms with van der Waals surface area (Å²) in [5, 5.41) is 4.36. The quantitative estimate of drug-likeness (QED) is 0.343. The van der Waals surface area contributed by atoms with Crippen LogP contribution in [0.25, 0.3) is 0 Å². The van der Waals surface area contributed by atoms with Gasteiger partial charge in [-0.05, 0) is 66.2 Å². The molecule has 0 fully saturated rings. The molecule has 0 radical (unpaired) electrons. The number of nitrogens with zero attached hydrogens (tertiary/aromatic N) is 1. The van der Waals surface area contributed by atoms with Crippen LogP contribution in [0.15, 0.2) is 24.3 Å². The molecule has 194 valence electrons. The molecule has 1 amide bonds. The fourth-order valence-electron chi connectivity index (χ4n) is 2.83. The Hall–Kier alpha value is -2.33. The van der Waals surface area contributed by atoms with Gasteiger partial charge in [-0.1, -0.05) is 12.1 Å². The van der Waals surface area contributed by atoms with Crippen molar-refractivity contribution in [3.8, 4) is 0 Å². The van der Waals surface area contributed by atoms with Gasteiger partial charge in [-0.3, -0.25) is 4.79 Å². The van der Waals surface area contributed by atoms with Crippen molar-refractivity contribution in [2.24, 2.45) is 11.5 Å². The molecule has 1 rings (SSSR count). The third-order valence-electron chi connectivity index (χ3n) is 4.50. The van der Waals surface area contributed by atoms with Crippen molar-refractivity contribution in [2.75, 3.05) is 20.2 Å². The van der Waals surface area contributed by atoms with E-state index >= 15 is 0 Å². The van der Waals surface area contributed by atoms with Crippen LogP contribution in [0.2, 0.25) is 0 Å². The normalized spacial score (nSPS) is 11.8. The Balaban J connectivity index is 0.000000661. The molecule has 0 aromatic heterocycles. The van der Waals surface area contributed by atoms with Gasteiger partial charge in [-0.2, -0.15) is 5.06 Å². The smallest absolute Gasteiger partial charge is 0.363 e. The maximum Gasteiger partial charge on any atom is 0.363 e. The summed E-state index contributed by atoms with van der Waals surface area (Å²) in [5.74, 6) is -1.07. The van der Waals surface area contributed by atoms with Crippen molar-refractivity contribution in [3.05, 3.63) is 35.4 Å². The molecule has 0 unspecified atom stereocenters. The van der Waals surface area contributed by atoms with Gasteiger partial charge in [-0.25, -0.2) is 4.79 Å². The maximum absolute atomic E-state index is 11.7. The van der Waals surface area contributed by atoms with Crippen molar-refractivity contribution >= 4 is 18.2 Å². The fraction of sp³-hybridized carbons (Fsp3) is 0.640. The molecule has 0 heterocycles. The molecular formula is C25H44N4O5. The van der Waals surface area contributed by atoms with Gasteiger partial charge < -0.3 is 31.2 Å². The lowest BCUT2D eigenvalue weighted by Gasteiger charge is -2.37. The van der Waals surface area contributed by atoms with Crippen LogP contribution in [0.3, 0.4) is 0 Å². The minimum Gasteiger partial charge on any atom is -0.372 e. The minimum absolute atomic E-state index is 0.0133. The number of amides is 1. The second-order valence-electron chi connectivity index (χ2n) is 10.4. The Labute approximate surface area is 204 Å². The molecule has 1 aromatic carbocycles. The molecule has 0 aliphatic carbocycles. The lowest BCUT2D eigenvalue weighted by atomic mass is 9.99. The van der Waals surface area contributed by atoms with E-state index in [0.29, 0.717) is 31.5 Å². The highest BCUT2D eigenvalue weighted by molar-refractivity contribution is 5.90. The summed E-state index contributed by atoms with van der Waals surface area (Å²) < 4.78 is 5.80. The maximum atomic E-state index is 11.7. The summed E-state index contributed by atoms with van der Waals surface area (Å²) in [4.78, 5) is 38.2. The minimum atomic E-state index is -0.634. The molecule has 0 bridgehead atoms. The van der Waals surface area contributed by atoms with Crippen LogP contribution in [0.5, 0.6) is 0 Å². The molecule has 9 heteroatoms. The molecule has 0 saturated heterocycles. The first-order valence-electron chi connectivity index (χ1n) is 11.4. The first kappa shape index (κ1) is 31.7. The number of carbonyl (C=O) groups excluding carboxylic acids is 3. The predicted octanol–water partition coefficient (Wildman–Crippen LogP) is 2.56. The van der Waals surface area contributed by atoms with Gasteiger partial charge in [0.2, 0.25) is 0 Å². The molecule has 0 aliphatic heterocycles. The number of ether oxygens (including phenoxy) is 1. The number of aldehydes is 1. The van der Waals surface area contributed by atoms with E-state index in [1.54, 1.807) is 24.3 Å². The first-order chi connectivity index (χ1) is 15.6. The molecule has 0 saturated carbocycles. The van der Waals surface area contributed by atoms with Gasteiger partial charge in [0.15, 0.2) is 0 Å². The topological polar surface area (TPSA) is 137 Å². The van der Waals surface area contributed by atoms with E-state index in [-0.39, 0.29) is 29.5 Å².